The smallest absolute Gasteiger partial charge is 0.354 e. The fourth-order valence-electron chi connectivity index (χ4n) is 1.43. The Morgan fingerprint density at radius 1 is 1.28 bits per heavy atom. The number of nitrogens with zero attached hydrogens (tertiary/aromatic N) is 1. The summed E-state index contributed by atoms with van der Waals surface area (Å²) in [6.07, 6.45) is 1.13. The van der Waals surface area contributed by atoms with E-state index in [1.54, 1.807) is 0 Å². The highest BCUT2D eigenvalue weighted by Crippen LogP contribution is 2.23. The molecular formula is C11H6Cl2N2O3. The number of hydrogen-bond acceptors (Lipinski definition) is 3. The summed E-state index contributed by atoms with van der Waals surface area (Å²) >= 11 is 11.6. The lowest BCUT2D eigenvalue weighted by Gasteiger charge is -2.02. The molecule has 7 heteroatoms. The largest absolute Gasteiger partial charge is 0.477 e. The molecule has 0 aliphatic heterocycles. The summed E-state index contributed by atoms with van der Waals surface area (Å²) in [5, 5.41) is 9.40. The van der Waals surface area contributed by atoms with E-state index in [1.807, 2.05) is 0 Å². The summed E-state index contributed by atoms with van der Waals surface area (Å²) in [5.74, 6) is -1.87. The second-order valence-corrected chi connectivity index (χ2v) is 4.23. The van der Waals surface area contributed by atoms with Crippen molar-refractivity contribution in [3.63, 3.8) is 0 Å². The van der Waals surface area contributed by atoms with E-state index in [4.69, 9.17) is 28.3 Å². The molecule has 0 aliphatic rings. The number of H-pyrrole nitrogens is 1. The van der Waals surface area contributed by atoms with Crippen molar-refractivity contribution in [2.24, 2.45) is 0 Å². The summed E-state index contributed by atoms with van der Waals surface area (Å²) in [6.45, 7) is 0. The van der Waals surface area contributed by atoms with Crippen molar-refractivity contribution in [1.29, 1.82) is 0 Å². The SMILES string of the molecule is O=C(c1cc(Cl)ccc1Cl)c1nc[nH]c1C(=O)O. The Kier molecular flexibility index (Phi) is 3.36. The zero-order valence-corrected chi connectivity index (χ0v) is 10.3. The van der Waals surface area contributed by atoms with Crippen LogP contribution in [0.4, 0.5) is 0 Å². The molecule has 1 aromatic carbocycles. The first kappa shape index (κ1) is 12.6. The Labute approximate surface area is 111 Å². The van der Waals surface area contributed by atoms with Crippen LogP contribution in [0.25, 0.3) is 0 Å². The topological polar surface area (TPSA) is 83.0 Å². The fraction of sp³-hybridized carbons (Fsp3) is 0. The standard InChI is InChI=1S/C11H6Cl2N2O3/c12-5-1-2-7(13)6(3-5)10(16)8-9(11(17)18)15-4-14-8/h1-4H,(H,14,15)(H,17,18). The number of hydrogen-bond donors (Lipinski definition) is 2. The second-order valence-electron chi connectivity index (χ2n) is 3.38. The van der Waals surface area contributed by atoms with E-state index in [-0.39, 0.29) is 22.0 Å². The minimum absolute atomic E-state index is 0.110. The maximum atomic E-state index is 12.1. The maximum Gasteiger partial charge on any atom is 0.354 e. The lowest BCUT2D eigenvalue weighted by Crippen LogP contribution is -2.10. The number of halogens is 2. The highest BCUT2D eigenvalue weighted by molar-refractivity contribution is 6.36. The number of aromatic carboxylic acids is 1. The van der Waals surface area contributed by atoms with Gasteiger partial charge in [0.2, 0.25) is 5.78 Å². The van der Waals surface area contributed by atoms with E-state index in [9.17, 15) is 9.59 Å². The lowest BCUT2D eigenvalue weighted by molar-refractivity contribution is 0.0687. The molecule has 92 valence electrons. The van der Waals surface area contributed by atoms with Gasteiger partial charge < -0.3 is 10.1 Å². The molecule has 0 saturated heterocycles. The van der Waals surface area contributed by atoms with Crippen LogP contribution in [0.1, 0.15) is 26.5 Å². The number of rotatable bonds is 3. The molecule has 0 amide bonds. The van der Waals surface area contributed by atoms with Crippen LogP contribution in [0.15, 0.2) is 24.5 Å². The highest BCUT2D eigenvalue weighted by Gasteiger charge is 2.22. The zero-order chi connectivity index (χ0) is 13.3. The molecule has 0 atom stereocenters. The molecule has 0 saturated carbocycles. The molecule has 18 heavy (non-hydrogen) atoms. The first-order valence-corrected chi connectivity index (χ1v) is 5.52. The predicted molar refractivity (Wildman–Crippen MR) is 65.4 cm³/mol. The predicted octanol–water partition coefficient (Wildman–Crippen LogP) is 2.65. The van der Waals surface area contributed by atoms with Gasteiger partial charge in [0.15, 0.2) is 5.69 Å². The van der Waals surface area contributed by atoms with Gasteiger partial charge in [-0.1, -0.05) is 23.2 Å². The number of carboxylic acids is 1. The summed E-state index contributed by atoms with van der Waals surface area (Å²) < 4.78 is 0. The Morgan fingerprint density at radius 3 is 2.67 bits per heavy atom. The van der Waals surface area contributed by atoms with Crippen LogP contribution in [-0.2, 0) is 0 Å². The Hall–Kier alpha value is -1.85. The maximum absolute atomic E-state index is 12.1. The number of benzene rings is 1. The number of carbonyl (C=O) groups excluding carboxylic acids is 1. The average molecular weight is 285 g/mol. The van der Waals surface area contributed by atoms with E-state index in [0.717, 1.165) is 6.33 Å². The van der Waals surface area contributed by atoms with Crippen LogP contribution in [0, 0.1) is 0 Å². The molecule has 2 aromatic rings. The summed E-state index contributed by atoms with van der Waals surface area (Å²) in [6, 6.07) is 4.36. The molecule has 0 spiro atoms. The first-order chi connectivity index (χ1) is 8.50. The summed E-state index contributed by atoms with van der Waals surface area (Å²) in [5.41, 5.74) is -0.374. The third-order valence-corrected chi connectivity index (χ3v) is 2.81. The van der Waals surface area contributed by atoms with Crippen LogP contribution < -0.4 is 0 Å². The second kappa shape index (κ2) is 4.80. The minimum Gasteiger partial charge on any atom is -0.477 e. The number of aromatic nitrogens is 2. The van der Waals surface area contributed by atoms with Crippen molar-refractivity contribution in [1.82, 2.24) is 9.97 Å². The number of aromatic amines is 1. The van der Waals surface area contributed by atoms with Gasteiger partial charge in [0, 0.05) is 10.6 Å². The van der Waals surface area contributed by atoms with E-state index in [0.29, 0.717) is 5.02 Å². The molecule has 0 fully saturated rings. The lowest BCUT2D eigenvalue weighted by atomic mass is 10.1. The van der Waals surface area contributed by atoms with Crippen molar-refractivity contribution in [2.75, 3.05) is 0 Å². The van der Waals surface area contributed by atoms with Crippen molar-refractivity contribution < 1.29 is 14.7 Å². The van der Waals surface area contributed by atoms with E-state index >= 15 is 0 Å². The van der Waals surface area contributed by atoms with Gasteiger partial charge in [0.05, 0.1) is 11.3 Å². The third-order valence-electron chi connectivity index (χ3n) is 2.24. The van der Waals surface area contributed by atoms with Gasteiger partial charge in [0.25, 0.3) is 0 Å². The van der Waals surface area contributed by atoms with Gasteiger partial charge in [-0.2, -0.15) is 0 Å². The zero-order valence-electron chi connectivity index (χ0n) is 8.78. The van der Waals surface area contributed by atoms with Gasteiger partial charge in [0.1, 0.15) is 5.69 Å². The normalized spacial score (nSPS) is 10.3. The molecule has 2 rings (SSSR count). The molecule has 2 N–H and O–H groups in total. The van der Waals surface area contributed by atoms with Crippen molar-refractivity contribution in [3.8, 4) is 0 Å². The van der Waals surface area contributed by atoms with Crippen LogP contribution in [-0.4, -0.2) is 26.8 Å². The number of carbonyl (C=O) groups is 2. The number of imidazole rings is 1. The first-order valence-electron chi connectivity index (χ1n) is 4.77. The van der Waals surface area contributed by atoms with Crippen LogP contribution in [0.3, 0.4) is 0 Å². The van der Waals surface area contributed by atoms with Gasteiger partial charge in [-0.25, -0.2) is 9.78 Å². The van der Waals surface area contributed by atoms with E-state index in [1.165, 1.54) is 18.2 Å². The fourth-order valence-corrected chi connectivity index (χ4v) is 1.80. The molecule has 0 radical (unpaired) electrons. The van der Waals surface area contributed by atoms with Crippen LogP contribution in [0.2, 0.25) is 10.0 Å². The van der Waals surface area contributed by atoms with Gasteiger partial charge in [-0.05, 0) is 18.2 Å². The molecule has 0 bridgehead atoms. The highest BCUT2D eigenvalue weighted by atomic mass is 35.5. The Morgan fingerprint density at radius 2 is 2.00 bits per heavy atom. The van der Waals surface area contributed by atoms with Gasteiger partial charge >= 0.3 is 5.97 Å². The molecular weight excluding hydrogens is 279 g/mol. The van der Waals surface area contributed by atoms with Gasteiger partial charge in [-0.3, -0.25) is 4.79 Å². The summed E-state index contributed by atoms with van der Waals surface area (Å²) in [7, 11) is 0. The number of carboxylic acid groups (broad SMARTS) is 1. The summed E-state index contributed by atoms with van der Waals surface area (Å²) in [4.78, 5) is 29.1. The monoisotopic (exact) mass is 284 g/mol. The van der Waals surface area contributed by atoms with E-state index in [2.05, 4.69) is 9.97 Å². The molecule has 1 aromatic heterocycles. The molecule has 1 heterocycles. The molecule has 5 nitrogen and oxygen atoms in total. The number of ketones is 1. The Balaban J connectivity index is 2.51. The van der Waals surface area contributed by atoms with Crippen LogP contribution >= 0.6 is 23.2 Å². The minimum atomic E-state index is -1.27. The van der Waals surface area contributed by atoms with Gasteiger partial charge in [-0.15, -0.1) is 0 Å². The van der Waals surface area contributed by atoms with Crippen molar-refractivity contribution in [2.45, 2.75) is 0 Å². The van der Waals surface area contributed by atoms with Crippen LogP contribution in [0.5, 0.6) is 0 Å². The number of nitrogens with one attached hydrogen (secondary N) is 1. The Bertz CT molecular complexity index is 637. The quantitative estimate of drug-likeness (QED) is 0.849. The van der Waals surface area contributed by atoms with E-state index < -0.39 is 11.8 Å². The average Bonchev–Trinajstić information content (AvgIpc) is 2.80. The van der Waals surface area contributed by atoms with Crippen molar-refractivity contribution >= 4 is 35.0 Å². The molecule has 0 aliphatic carbocycles. The molecule has 0 unspecified atom stereocenters. The van der Waals surface area contributed by atoms with Crippen molar-refractivity contribution in [3.05, 3.63) is 51.5 Å². The third kappa shape index (κ3) is 2.23.